The van der Waals surface area contributed by atoms with Gasteiger partial charge in [-0.2, -0.15) is 0 Å². The molecule has 1 N–H and O–H groups in total. The molecular weight excluding hydrogens is 296 g/mol. The van der Waals surface area contributed by atoms with Gasteiger partial charge < -0.3 is 10.2 Å². The van der Waals surface area contributed by atoms with Gasteiger partial charge in [0.2, 0.25) is 5.91 Å². The number of para-hydroxylation sites is 2. The highest BCUT2D eigenvalue weighted by molar-refractivity contribution is 6.33. The molecule has 0 saturated heterocycles. The molecule has 114 valence electrons. The van der Waals surface area contributed by atoms with Gasteiger partial charge in [-0.1, -0.05) is 41.9 Å². The summed E-state index contributed by atoms with van der Waals surface area (Å²) >= 11 is 6.06. The zero-order valence-electron chi connectivity index (χ0n) is 12.6. The van der Waals surface area contributed by atoms with Crippen LogP contribution in [-0.4, -0.2) is 18.5 Å². The molecule has 1 aliphatic rings. The predicted molar refractivity (Wildman–Crippen MR) is 91.7 cm³/mol. The number of benzene rings is 2. The third-order valence-corrected chi connectivity index (χ3v) is 4.41. The smallest absolute Gasteiger partial charge is 0.226 e. The van der Waals surface area contributed by atoms with E-state index in [-0.39, 0.29) is 5.91 Å². The third-order valence-electron chi connectivity index (χ3n) is 4.08. The molecule has 0 aliphatic carbocycles. The van der Waals surface area contributed by atoms with Gasteiger partial charge in [0, 0.05) is 24.7 Å². The Morgan fingerprint density at radius 3 is 2.77 bits per heavy atom. The van der Waals surface area contributed by atoms with Gasteiger partial charge >= 0.3 is 0 Å². The maximum Gasteiger partial charge on any atom is 0.226 e. The maximum absolute atomic E-state index is 12.1. The molecule has 4 heteroatoms. The Morgan fingerprint density at radius 2 is 1.95 bits per heavy atom. The second-order valence-corrected chi connectivity index (χ2v) is 6.06. The molecule has 22 heavy (non-hydrogen) atoms. The number of rotatable bonds is 4. The van der Waals surface area contributed by atoms with Crippen LogP contribution in [0.4, 0.5) is 11.4 Å². The standard InChI is InChI=1S/C18H19ClN2O/c1-13-12-14-6-2-5-9-17(14)21(13)11-10-18(22)20-16-8-4-3-7-15(16)19/h2-9,13H,10-12H2,1H3,(H,20,22). The van der Waals surface area contributed by atoms with Crippen molar-refractivity contribution in [3.63, 3.8) is 0 Å². The minimum Gasteiger partial charge on any atom is -0.368 e. The lowest BCUT2D eigenvalue weighted by atomic mass is 10.1. The van der Waals surface area contributed by atoms with E-state index in [1.807, 2.05) is 24.3 Å². The Kier molecular flexibility index (Phi) is 4.34. The highest BCUT2D eigenvalue weighted by Gasteiger charge is 2.25. The van der Waals surface area contributed by atoms with E-state index in [0.29, 0.717) is 29.7 Å². The Balaban J connectivity index is 1.61. The minimum absolute atomic E-state index is 0.00955. The fourth-order valence-electron chi connectivity index (χ4n) is 2.97. The van der Waals surface area contributed by atoms with Gasteiger partial charge in [0.1, 0.15) is 0 Å². The molecule has 0 bridgehead atoms. The first-order valence-corrected chi connectivity index (χ1v) is 7.92. The monoisotopic (exact) mass is 314 g/mol. The molecule has 3 rings (SSSR count). The second-order valence-electron chi connectivity index (χ2n) is 5.65. The highest BCUT2D eigenvalue weighted by atomic mass is 35.5. The van der Waals surface area contributed by atoms with Crippen molar-refractivity contribution in [3.8, 4) is 0 Å². The van der Waals surface area contributed by atoms with Gasteiger partial charge in [-0.15, -0.1) is 0 Å². The normalized spacial score (nSPS) is 16.5. The van der Waals surface area contributed by atoms with Gasteiger partial charge in [-0.25, -0.2) is 0 Å². The Hall–Kier alpha value is -2.00. The lowest BCUT2D eigenvalue weighted by Crippen LogP contribution is -2.32. The number of anilines is 2. The summed E-state index contributed by atoms with van der Waals surface area (Å²) in [5.74, 6) is -0.00955. The number of nitrogens with zero attached hydrogens (tertiary/aromatic N) is 1. The number of halogens is 1. The SMILES string of the molecule is CC1Cc2ccccc2N1CCC(=O)Nc1ccccc1Cl. The van der Waals surface area contributed by atoms with E-state index in [4.69, 9.17) is 11.6 Å². The molecule has 0 aromatic heterocycles. The quantitative estimate of drug-likeness (QED) is 0.920. The van der Waals surface area contributed by atoms with Crippen LogP contribution >= 0.6 is 11.6 Å². The fraction of sp³-hybridized carbons (Fsp3) is 0.278. The summed E-state index contributed by atoms with van der Waals surface area (Å²) in [6, 6.07) is 16.1. The van der Waals surface area contributed by atoms with Crippen molar-refractivity contribution in [2.24, 2.45) is 0 Å². The Labute approximate surface area is 135 Å². The van der Waals surface area contributed by atoms with Crippen LogP contribution in [0.25, 0.3) is 0 Å². The predicted octanol–water partition coefficient (Wildman–Crippen LogP) is 4.12. The summed E-state index contributed by atoms with van der Waals surface area (Å²) in [7, 11) is 0. The van der Waals surface area contributed by atoms with E-state index in [2.05, 4.69) is 35.3 Å². The summed E-state index contributed by atoms with van der Waals surface area (Å²) in [6.45, 7) is 2.92. The molecule has 0 radical (unpaired) electrons. The van der Waals surface area contributed by atoms with Crippen molar-refractivity contribution < 1.29 is 4.79 Å². The highest BCUT2D eigenvalue weighted by Crippen LogP contribution is 2.31. The van der Waals surface area contributed by atoms with Crippen LogP contribution in [0.3, 0.4) is 0 Å². The molecule has 3 nitrogen and oxygen atoms in total. The topological polar surface area (TPSA) is 32.3 Å². The third kappa shape index (κ3) is 3.09. The summed E-state index contributed by atoms with van der Waals surface area (Å²) < 4.78 is 0. The van der Waals surface area contributed by atoms with Crippen LogP contribution in [0.5, 0.6) is 0 Å². The molecule has 0 saturated carbocycles. The van der Waals surface area contributed by atoms with Crippen LogP contribution < -0.4 is 10.2 Å². The van der Waals surface area contributed by atoms with Gasteiger partial charge in [-0.05, 0) is 37.1 Å². The van der Waals surface area contributed by atoms with Gasteiger partial charge in [0.15, 0.2) is 0 Å². The summed E-state index contributed by atoms with van der Waals surface area (Å²) in [4.78, 5) is 14.5. The molecule has 0 fully saturated rings. The van der Waals surface area contributed by atoms with Crippen LogP contribution in [-0.2, 0) is 11.2 Å². The van der Waals surface area contributed by atoms with Crippen LogP contribution in [0.1, 0.15) is 18.9 Å². The average molecular weight is 315 g/mol. The molecule has 1 aliphatic heterocycles. The van der Waals surface area contributed by atoms with E-state index >= 15 is 0 Å². The lowest BCUT2D eigenvalue weighted by Gasteiger charge is -2.24. The van der Waals surface area contributed by atoms with Crippen molar-refractivity contribution in [2.45, 2.75) is 25.8 Å². The maximum atomic E-state index is 12.1. The number of hydrogen-bond acceptors (Lipinski definition) is 2. The van der Waals surface area contributed by atoms with E-state index in [0.717, 1.165) is 6.42 Å². The fourth-order valence-corrected chi connectivity index (χ4v) is 3.15. The Bertz CT molecular complexity index is 686. The van der Waals surface area contributed by atoms with Crippen molar-refractivity contribution in [2.75, 3.05) is 16.8 Å². The summed E-state index contributed by atoms with van der Waals surface area (Å²) in [6.07, 6.45) is 1.49. The van der Waals surface area contributed by atoms with Crippen LogP contribution in [0.15, 0.2) is 48.5 Å². The van der Waals surface area contributed by atoms with Gasteiger partial charge in [-0.3, -0.25) is 4.79 Å². The zero-order valence-corrected chi connectivity index (χ0v) is 13.3. The lowest BCUT2D eigenvalue weighted by molar-refractivity contribution is -0.116. The molecule has 1 amide bonds. The first-order chi connectivity index (χ1) is 10.6. The first kappa shape index (κ1) is 14.9. The molecule has 1 unspecified atom stereocenters. The molecular formula is C18H19ClN2O. The number of fused-ring (bicyclic) bond motifs is 1. The van der Waals surface area contributed by atoms with Crippen molar-refractivity contribution in [1.82, 2.24) is 0 Å². The van der Waals surface area contributed by atoms with E-state index in [1.54, 1.807) is 6.07 Å². The van der Waals surface area contributed by atoms with Crippen molar-refractivity contribution in [3.05, 3.63) is 59.1 Å². The number of carbonyl (C=O) groups is 1. The second kappa shape index (κ2) is 6.41. The number of hydrogen-bond donors (Lipinski definition) is 1. The molecule has 2 aromatic rings. The van der Waals surface area contributed by atoms with Gasteiger partial charge in [0.25, 0.3) is 0 Å². The molecule has 1 heterocycles. The first-order valence-electron chi connectivity index (χ1n) is 7.54. The van der Waals surface area contributed by atoms with E-state index < -0.39 is 0 Å². The number of nitrogens with one attached hydrogen (secondary N) is 1. The van der Waals surface area contributed by atoms with E-state index in [1.165, 1.54) is 11.3 Å². The van der Waals surface area contributed by atoms with Crippen LogP contribution in [0.2, 0.25) is 5.02 Å². The summed E-state index contributed by atoms with van der Waals surface area (Å²) in [5, 5.41) is 3.44. The largest absolute Gasteiger partial charge is 0.368 e. The minimum atomic E-state index is -0.00955. The summed E-state index contributed by atoms with van der Waals surface area (Å²) in [5.41, 5.74) is 3.28. The molecule has 2 aromatic carbocycles. The van der Waals surface area contributed by atoms with Crippen LogP contribution in [0, 0.1) is 0 Å². The number of amides is 1. The van der Waals surface area contributed by atoms with Crippen molar-refractivity contribution >= 4 is 28.9 Å². The molecule has 1 atom stereocenters. The average Bonchev–Trinajstić information content (AvgIpc) is 2.83. The zero-order chi connectivity index (χ0) is 15.5. The van der Waals surface area contributed by atoms with Crippen molar-refractivity contribution in [1.29, 1.82) is 0 Å². The van der Waals surface area contributed by atoms with Gasteiger partial charge in [0.05, 0.1) is 10.7 Å². The molecule has 0 spiro atoms. The Morgan fingerprint density at radius 1 is 1.23 bits per heavy atom. The van der Waals surface area contributed by atoms with E-state index in [9.17, 15) is 4.79 Å². The number of carbonyl (C=O) groups excluding carboxylic acids is 1.